The van der Waals surface area contributed by atoms with Gasteiger partial charge in [0.1, 0.15) is 11.8 Å². The molecule has 0 aliphatic rings. The number of hydrogen-bond acceptors (Lipinski definition) is 6. The number of carbonyl (C=O) groups excluding carboxylic acids is 3. The van der Waals surface area contributed by atoms with Crippen molar-refractivity contribution >= 4 is 17.6 Å². The molecule has 0 spiro atoms. The number of nitrogens with zero attached hydrogens (tertiary/aromatic N) is 2. The minimum atomic E-state index is -0.878. The fraction of sp³-hybridized carbons (Fsp3) is 0.290. The van der Waals surface area contributed by atoms with Crippen molar-refractivity contribution < 1.29 is 19.1 Å². The number of carbonyl (C=O) groups is 3. The van der Waals surface area contributed by atoms with Crippen molar-refractivity contribution in [1.82, 2.24) is 15.8 Å². The number of amides is 2. The molecule has 202 valence electrons. The second kappa shape index (κ2) is 15.1. The van der Waals surface area contributed by atoms with Crippen molar-refractivity contribution in [1.29, 1.82) is 5.26 Å². The van der Waals surface area contributed by atoms with Crippen LogP contribution >= 0.6 is 0 Å². The lowest BCUT2D eigenvalue weighted by Gasteiger charge is -2.31. The molecule has 0 aromatic heterocycles. The fourth-order valence-corrected chi connectivity index (χ4v) is 4.02. The maximum absolute atomic E-state index is 13.4. The Balaban J connectivity index is 1.72. The Bertz CT molecular complexity index is 1270. The van der Waals surface area contributed by atoms with Crippen LogP contribution in [0.15, 0.2) is 78.9 Å². The van der Waals surface area contributed by atoms with Gasteiger partial charge in [-0.2, -0.15) is 5.26 Å². The van der Waals surface area contributed by atoms with Crippen LogP contribution in [0.1, 0.15) is 42.5 Å². The van der Waals surface area contributed by atoms with E-state index in [4.69, 9.17) is 10.00 Å². The molecule has 1 atom stereocenters. The van der Waals surface area contributed by atoms with Crippen molar-refractivity contribution in [3.63, 3.8) is 0 Å². The van der Waals surface area contributed by atoms with Crippen LogP contribution in [0, 0.1) is 11.3 Å². The van der Waals surface area contributed by atoms with E-state index >= 15 is 0 Å². The van der Waals surface area contributed by atoms with E-state index < -0.39 is 6.04 Å². The van der Waals surface area contributed by atoms with Crippen LogP contribution < -0.4 is 15.5 Å². The van der Waals surface area contributed by atoms with Gasteiger partial charge in [-0.1, -0.05) is 61.5 Å². The highest BCUT2D eigenvalue weighted by Crippen LogP contribution is 2.14. The quantitative estimate of drug-likeness (QED) is 0.310. The molecule has 3 aromatic carbocycles. The molecule has 0 bridgehead atoms. The summed E-state index contributed by atoms with van der Waals surface area (Å²) in [7, 11) is 0. The molecule has 2 amide bonds. The summed E-state index contributed by atoms with van der Waals surface area (Å²) in [5.41, 5.74) is 6.02. The molecule has 0 aliphatic carbocycles. The number of hydrazine groups is 1. The molecule has 8 heteroatoms. The lowest BCUT2D eigenvalue weighted by Crippen LogP contribution is -2.57. The van der Waals surface area contributed by atoms with E-state index in [9.17, 15) is 14.4 Å². The molecule has 8 nitrogen and oxygen atoms in total. The van der Waals surface area contributed by atoms with Crippen LogP contribution in [-0.4, -0.2) is 41.8 Å². The number of hydrogen-bond donors (Lipinski definition) is 2. The molecule has 0 aliphatic heterocycles. The topological polar surface area (TPSA) is 112 Å². The Hall–Kier alpha value is -4.48. The molecule has 0 fully saturated rings. The fourth-order valence-electron chi connectivity index (χ4n) is 4.02. The van der Waals surface area contributed by atoms with Gasteiger partial charge < -0.3 is 10.1 Å². The van der Waals surface area contributed by atoms with E-state index in [1.165, 1.54) is 5.01 Å². The molecule has 0 saturated carbocycles. The molecule has 0 saturated heterocycles. The van der Waals surface area contributed by atoms with Gasteiger partial charge in [0.25, 0.3) is 0 Å². The zero-order chi connectivity index (χ0) is 28.0. The maximum atomic E-state index is 13.4. The summed E-state index contributed by atoms with van der Waals surface area (Å²) in [5.74, 6) is -0.0263. The summed E-state index contributed by atoms with van der Waals surface area (Å²) >= 11 is 0. The van der Waals surface area contributed by atoms with E-state index in [-0.39, 0.29) is 49.9 Å². The van der Waals surface area contributed by atoms with E-state index in [1.54, 1.807) is 31.2 Å². The van der Waals surface area contributed by atoms with Gasteiger partial charge in [0, 0.05) is 25.8 Å². The van der Waals surface area contributed by atoms with Gasteiger partial charge in [0.15, 0.2) is 5.78 Å². The van der Waals surface area contributed by atoms with Gasteiger partial charge in [-0.25, -0.2) is 5.43 Å². The van der Waals surface area contributed by atoms with Crippen LogP contribution in [0.5, 0.6) is 5.75 Å². The third-order valence-electron chi connectivity index (χ3n) is 6.09. The van der Waals surface area contributed by atoms with Crippen molar-refractivity contribution in [2.75, 3.05) is 13.2 Å². The van der Waals surface area contributed by atoms with Gasteiger partial charge in [-0.3, -0.25) is 19.4 Å². The molecule has 0 unspecified atom stereocenters. The zero-order valence-corrected chi connectivity index (χ0v) is 22.4. The van der Waals surface area contributed by atoms with Crippen LogP contribution in [-0.2, 0) is 33.8 Å². The Morgan fingerprint density at radius 3 is 2.18 bits per heavy atom. The van der Waals surface area contributed by atoms with Gasteiger partial charge in [0.05, 0.1) is 24.8 Å². The third kappa shape index (κ3) is 9.09. The van der Waals surface area contributed by atoms with Gasteiger partial charge in [-0.15, -0.1) is 0 Å². The summed E-state index contributed by atoms with van der Waals surface area (Å²) in [5, 5.41) is 13.2. The molecule has 3 rings (SSSR count). The summed E-state index contributed by atoms with van der Waals surface area (Å²) in [6.07, 6.45) is 0.613. The van der Waals surface area contributed by atoms with E-state index in [2.05, 4.69) is 16.8 Å². The number of Topliss-reactive ketones (excluding diaryl/α,β-unsaturated/α-hetero) is 1. The monoisotopic (exact) mass is 526 g/mol. The summed E-state index contributed by atoms with van der Waals surface area (Å²) in [6.45, 7) is 4.32. The second-order valence-electron chi connectivity index (χ2n) is 8.98. The van der Waals surface area contributed by atoms with Crippen LogP contribution in [0.4, 0.5) is 0 Å². The van der Waals surface area contributed by atoms with Crippen molar-refractivity contribution in [3.8, 4) is 11.8 Å². The third-order valence-corrected chi connectivity index (χ3v) is 6.09. The van der Waals surface area contributed by atoms with Crippen molar-refractivity contribution in [3.05, 3.63) is 101 Å². The molecule has 39 heavy (non-hydrogen) atoms. The number of nitrogens with one attached hydrogen (secondary N) is 2. The van der Waals surface area contributed by atoms with Crippen LogP contribution in [0.3, 0.4) is 0 Å². The van der Waals surface area contributed by atoms with Crippen LogP contribution in [0.2, 0.25) is 0 Å². The molecule has 0 heterocycles. The Labute approximate surface area is 229 Å². The first-order valence-corrected chi connectivity index (χ1v) is 13.0. The molecule has 3 aromatic rings. The average Bonchev–Trinajstić information content (AvgIpc) is 2.97. The Morgan fingerprint density at radius 2 is 1.56 bits per heavy atom. The van der Waals surface area contributed by atoms with Gasteiger partial charge in [-0.05, 0) is 47.9 Å². The second-order valence-corrected chi connectivity index (χ2v) is 8.98. The molecular weight excluding hydrogens is 492 g/mol. The highest BCUT2D eigenvalue weighted by Gasteiger charge is 2.30. The van der Waals surface area contributed by atoms with Gasteiger partial charge >= 0.3 is 0 Å². The Morgan fingerprint density at radius 1 is 0.897 bits per heavy atom. The summed E-state index contributed by atoms with van der Waals surface area (Å²) in [4.78, 5) is 39.2. The number of ether oxygens (including phenoxy) is 1. The number of nitriles is 1. The van der Waals surface area contributed by atoms with Crippen molar-refractivity contribution in [2.24, 2.45) is 0 Å². The largest absolute Gasteiger partial charge is 0.494 e. The van der Waals surface area contributed by atoms with E-state index in [1.807, 2.05) is 61.5 Å². The highest BCUT2D eigenvalue weighted by molar-refractivity contribution is 5.88. The molecular formula is C31H34N4O4. The standard InChI is InChI=1S/C31H34N4O4/c1-3-30(37)35(34-22-27(36)18-24-14-16-28(17-15-24)39-4-2)29(19-23-8-6-5-7-9-23)31(38)33-21-26-12-10-25(20-32)11-13-26/h5-17,29,34H,3-4,18-19,21-22H2,1-2H3,(H,33,38)/t29-/m0/s1. The molecule has 2 N–H and O–H groups in total. The first kappa shape index (κ1) is 29.1. The number of rotatable bonds is 14. The van der Waals surface area contributed by atoms with E-state index in [0.29, 0.717) is 12.2 Å². The molecule has 0 radical (unpaired) electrons. The zero-order valence-electron chi connectivity index (χ0n) is 22.4. The predicted octanol–water partition coefficient (Wildman–Crippen LogP) is 3.74. The maximum Gasteiger partial charge on any atom is 0.245 e. The summed E-state index contributed by atoms with van der Waals surface area (Å²) in [6, 6.07) is 24.9. The number of benzene rings is 3. The van der Waals surface area contributed by atoms with Gasteiger partial charge in [0.2, 0.25) is 11.8 Å². The van der Waals surface area contributed by atoms with Crippen molar-refractivity contribution in [2.45, 2.75) is 45.7 Å². The smallest absolute Gasteiger partial charge is 0.245 e. The Kier molecular flexibility index (Phi) is 11.2. The normalized spacial score (nSPS) is 11.2. The summed E-state index contributed by atoms with van der Waals surface area (Å²) < 4.78 is 5.45. The SMILES string of the molecule is CCOc1ccc(CC(=O)CNN(C(=O)CC)[C@@H](Cc2ccccc2)C(=O)NCc2ccc(C#N)cc2)cc1. The minimum absolute atomic E-state index is 0.104. The lowest BCUT2D eigenvalue weighted by atomic mass is 10.0. The minimum Gasteiger partial charge on any atom is -0.494 e. The predicted molar refractivity (Wildman–Crippen MR) is 148 cm³/mol. The number of ketones is 1. The van der Waals surface area contributed by atoms with E-state index in [0.717, 1.165) is 22.4 Å². The first-order valence-electron chi connectivity index (χ1n) is 13.0. The average molecular weight is 527 g/mol. The van der Waals surface area contributed by atoms with Crippen LogP contribution in [0.25, 0.3) is 0 Å². The first-order chi connectivity index (χ1) is 18.9. The lowest BCUT2D eigenvalue weighted by molar-refractivity contribution is -0.144. The highest BCUT2D eigenvalue weighted by atomic mass is 16.5.